The van der Waals surface area contributed by atoms with E-state index >= 15 is 0 Å². The summed E-state index contributed by atoms with van der Waals surface area (Å²) in [6, 6.07) is 6.98. The fourth-order valence-corrected chi connectivity index (χ4v) is 1.75. The van der Waals surface area contributed by atoms with E-state index in [1.54, 1.807) is 18.2 Å². The van der Waals surface area contributed by atoms with Gasteiger partial charge < -0.3 is 15.2 Å². The zero-order valence-electron chi connectivity index (χ0n) is 9.02. The molecule has 1 saturated heterocycles. The number of carbonyl (C=O) groups is 1. The largest absolute Gasteiger partial charge is 0.490 e. The molecule has 1 heterocycles. The smallest absolute Gasteiger partial charge is 0.252 e. The van der Waals surface area contributed by atoms with Crippen molar-refractivity contribution in [1.29, 1.82) is 0 Å². The van der Waals surface area contributed by atoms with Crippen LogP contribution >= 0.6 is 0 Å². The second kappa shape index (κ2) is 4.99. The molecular weight excluding hydrogens is 206 g/mol. The van der Waals surface area contributed by atoms with Crippen LogP contribution in [-0.2, 0) is 4.74 Å². The summed E-state index contributed by atoms with van der Waals surface area (Å²) in [6.45, 7) is 1.27. The van der Waals surface area contributed by atoms with Gasteiger partial charge in [-0.25, -0.2) is 0 Å². The number of amides is 1. The van der Waals surface area contributed by atoms with Gasteiger partial charge in [-0.15, -0.1) is 0 Å². The molecule has 0 radical (unpaired) electrons. The first kappa shape index (κ1) is 11.0. The average Bonchev–Trinajstić information content (AvgIpc) is 2.79. The molecule has 0 unspecified atom stereocenters. The lowest BCUT2D eigenvalue weighted by Gasteiger charge is -2.13. The van der Waals surface area contributed by atoms with Gasteiger partial charge in [-0.05, 0) is 25.0 Å². The number of nitrogens with two attached hydrogens (primary N) is 1. The average molecular weight is 221 g/mol. The third-order valence-electron chi connectivity index (χ3n) is 2.60. The number of ether oxygens (including phenoxy) is 2. The molecule has 86 valence electrons. The zero-order chi connectivity index (χ0) is 11.4. The Morgan fingerprint density at radius 2 is 2.31 bits per heavy atom. The first-order chi connectivity index (χ1) is 7.77. The van der Waals surface area contributed by atoms with Crippen molar-refractivity contribution >= 4 is 5.91 Å². The normalized spacial score (nSPS) is 19.6. The lowest BCUT2D eigenvalue weighted by molar-refractivity contribution is 0.0672. The standard InChI is InChI=1S/C12H15NO3/c13-12(14)10-5-1-2-6-11(10)16-8-9-4-3-7-15-9/h1-2,5-6,9H,3-4,7-8H2,(H2,13,14)/t9-/m0/s1. The Bertz CT molecular complexity index is 372. The second-order valence-corrected chi connectivity index (χ2v) is 3.81. The molecule has 2 N–H and O–H groups in total. The van der Waals surface area contributed by atoms with Crippen molar-refractivity contribution in [2.75, 3.05) is 13.2 Å². The van der Waals surface area contributed by atoms with Crippen LogP contribution in [0.1, 0.15) is 23.2 Å². The summed E-state index contributed by atoms with van der Waals surface area (Å²) in [5.41, 5.74) is 5.67. The molecule has 0 spiro atoms. The van der Waals surface area contributed by atoms with E-state index in [1.165, 1.54) is 0 Å². The summed E-state index contributed by atoms with van der Waals surface area (Å²) in [4.78, 5) is 11.1. The molecule has 0 bridgehead atoms. The van der Waals surface area contributed by atoms with Crippen molar-refractivity contribution in [1.82, 2.24) is 0 Å². The molecule has 1 aromatic carbocycles. The van der Waals surface area contributed by atoms with Gasteiger partial charge in [-0.3, -0.25) is 4.79 Å². The predicted octanol–water partition coefficient (Wildman–Crippen LogP) is 1.34. The van der Waals surface area contributed by atoms with Gasteiger partial charge in [0.25, 0.3) is 5.91 Å². The highest BCUT2D eigenvalue weighted by atomic mass is 16.5. The molecule has 4 nitrogen and oxygen atoms in total. The van der Waals surface area contributed by atoms with Crippen LogP contribution < -0.4 is 10.5 Å². The number of primary amides is 1. The van der Waals surface area contributed by atoms with Gasteiger partial charge in [-0.2, -0.15) is 0 Å². The number of rotatable bonds is 4. The summed E-state index contributed by atoms with van der Waals surface area (Å²) >= 11 is 0. The molecule has 0 aromatic heterocycles. The summed E-state index contributed by atoms with van der Waals surface area (Å²) < 4.78 is 11.0. The van der Waals surface area contributed by atoms with E-state index in [-0.39, 0.29) is 6.10 Å². The zero-order valence-corrected chi connectivity index (χ0v) is 9.02. The lowest BCUT2D eigenvalue weighted by atomic mass is 10.2. The minimum Gasteiger partial charge on any atom is -0.490 e. The fourth-order valence-electron chi connectivity index (χ4n) is 1.75. The van der Waals surface area contributed by atoms with Crippen LogP contribution in [0.15, 0.2) is 24.3 Å². The number of carbonyl (C=O) groups excluding carboxylic acids is 1. The predicted molar refractivity (Wildman–Crippen MR) is 59.4 cm³/mol. The highest BCUT2D eigenvalue weighted by molar-refractivity contribution is 5.95. The third kappa shape index (κ3) is 2.52. The Kier molecular flexibility index (Phi) is 3.41. The van der Waals surface area contributed by atoms with Gasteiger partial charge in [0.15, 0.2) is 0 Å². The van der Waals surface area contributed by atoms with E-state index in [1.807, 2.05) is 6.07 Å². The monoisotopic (exact) mass is 221 g/mol. The van der Waals surface area contributed by atoms with E-state index in [4.69, 9.17) is 15.2 Å². The summed E-state index contributed by atoms with van der Waals surface area (Å²) in [7, 11) is 0. The molecule has 2 rings (SSSR count). The number of hydrogen-bond acceptors (Lipinski definition) is 3. The van der Waals surface area contributed by atoms with Crippen LogP contribution in [0.4, 0.5) is 0 Å². The van der Waals surface area contributed by atoms with Crippen LogP contribution in [0.3, 0.4) is 0 Å². The van der Waals surface area contributed by atoms with Crippen molar-refractivity contribution in [2.24, 2.45) is 5.73 Å². The minimum atomic E-state index is -0.469. The van der Waals surface area contributed by atoms with Gasteiger partial charge in [0.2, 0.25) is 0 Å². The van der Waals surface area contributed by atoms with E-state index in [9.17, 15) is 4.79 Å². The number of hydrogen-bond donors (Lipinski definition) is 1. The summed E-state index contributed by atoms with van der Waals surface area (Å²) in [5, 5.41) is 0. The molecular formula is C12H15NO3. The molecule has 1 atom stereocenters. The molecule has 0 saturated carbocycles. The van der Waals surface area contributed by atoms with Crippen molar-refractivity contribution < 1.29 is 14.3 Å². The van der Waals surface area contributed by atoms with Crippen LogP contribution in [0, 0.1) is 0 Å². The number of benzene rings is 1. The van der Waals surface area contributed by atoms with Crippen molar-refractivity contribution in [2.45, 2.75) is 18.9 Å². The van der Waals surface area contributed by atoms with Gasteiger partial charge in [0.05, 0.1) is 11.7 Å². The van der Waals surface area contributed by atoms with E-state index in [2.05, 4.69) is 0 Å². The molecule has 1 aliphatic rings. The Morgan fingerprint density at radius 3 is 3.00 bits per heavy atom. The highest BCUT2D eigenvalue weighted by Gasteiger charge is 2.17. The number of para-hydroxylation sites is 1. The van der Waals surface area contributed by atoms with Crippen LogP contribution in [0.5, 0.6) is 5.75 Å². The van der Waals surface area contributed by atoms with E-state index < -0.39 is 5.91 Å². The van der Waals surface area contributed by atoms with Crippen molar-refractivity contribution in [3.05, 3.63) is 29.8 Å². The maximum absolute atomic E-state index is 11.1. The molecule has 4 heteroatoms. The van der Waals surface area contributed by atoms with Crippen molar-refractivity contribution in [3.63, 3.8) is 0 Å². The summed E-state index contributed by atoms with van der Waals surface area (Å²) in [5.74, 6) is 0.0634. The maximum atomic E-state index is 11.1. The maximum Gasteiger partial charge on any atom is 0.252 e. The van der Waals surface area contributed by atoms with Crippen LogP contribution in [-0.4, -0.2) is 25.2 Å². The van der Waals surface area contributed by atoms with Gasteiger partial charge in [0, 0.05) is 6.61 Å². The molecule has 0 aliphatic carbocycles. The third-order valence-corrected chi connectivity index (χ3v) is 2.60. The van der Waals surface area contributed by atoms with Gasteiger partial charge in [-0.1, -0.05) is 12.1 Å². The first-order valence-electron chi connectivity index (χ1n) is 5.40. The molecule has 1 amide bonds. The Balaban J connectivity index is 2.00. The highest BCUT2D eigenvalue weighted by Crippen LogP contribution is 2.19. The van der Waals surface area contributed by atoms with E-state index in [0.717, 1.165) is 19.4 Å². The van der Waals surface area contributed by atoms with Crippen LogP contribution in [0.2, 0.25) is 0 Å². The van der Waals surface area contributed by atoms with E-state index in [0.29, 0.717) is 17.9 Å². The first-order valence-corrected chi connectivity index (χ1v) is 5.40. The lowest BCUT2D eigenvalue weighted by Crippen LogP contribution is -2.19. The van der Waals surface area contributed by atoms with Crippen LogP contribution in [0.25, 0.3) is 0 Å². The molecule has 16 heavy (non-hydrogen) atoms. The Labute approximate surface area is 94.3 Å². The topological polar surface area (TPSA) is 61.6 Å². The SMILES string of the molecule is NC(=O)c1ccccc1OC[C@@H]1CCCO1. The van der Waals surface area contributed by atoms with Gasteiger partial charge in [0.1, 0.15) is 12.4 Å². The fraction of sp³-hybridized carbons (Fsp3) is 0.417. The molecule has 1 aliphatic heterocycles. The van der Waals surface area contributed by atoms with Gasteiger partial charge >= 0.3 is 0 Å². The minimum absolute atomic E-state index is 0.140. The second-order valence-electron chi connectivity index (χ2n) is 3.81. The Hall–Kier alpha value is -1.55. The van der Waals surface area contributed by atoms with Crippen molar-refractivity contribution in [3.8, 4) is 5.75 Å². The molecule has 1 aromatic rings. The Morgan fingerprint density at radius 1 is 1.50 bits per heavy atom. The summed E-state index contributed by atoms with van der Waals surface area (Å²) in [6.07, 6.45) is 2.23. The molecule has 1 fully saturated rings. The quantitative estimate of drug-likeness (QED) is 0.834.